The van der Waals surface area contributed by atoms with E-state index < -0.39 is 5.97 Å². The van der Waals surface area contributed by atoms with E-state index >= 15 is 0 Å². The summed E-state index contributed by atoms with van der Waals surface area (Å²) in [6, 6.07) is 7.12. The number of nitrogens with zero attached hydrogens (tertiary/aromatic N) is 1. The topological polar surface area (TPSA) is 38.7 Å². The summed E-state index contributed by atoms with van der Waals surface area (Å²) in [5.74, 6) is -0.151. The Bertz CT molecular complexity index is 514. The fourth-order valence-electron chi connectivity index (χ4n) is 1.37. The van der Waals surface area contributed by atoms with E-state index in [-0.39, 0.29) is 5.90 Å². The van der Waals surface area contributed by atoms with Crippen molar-refractivity contribution in [1.82, 2.24) is 0 Å². The molecule has 3 nitrogen and oxygen atoms in total. The zero-order valence-electron chi connectivity index (χ0n) is 8.95. The van der Waals surface area contributed by atoms with Gasteiger partial charge in [0.2, 0.25) is 5.90 Å². The van der Waals surface area contributed by atoms with Crippen LogP contribution in [0.3, 0.4) is 0 Å². The highest BCUT2D eigenvalue weighted by molar-refractivity contribution is 6.34. The highest BCUT2D eigenvalue weighted by Crippen LogP contribution is 2.23. The summed E-state index contributed by atoms with van der Waals surface area (Å²) in [5.41, 5.74) is 1.82. The van der Waals surface area contributed by atoms with Crippen LogP contribution in [-0.4, -0.2) is 11.9 Å². The third-order valence-corrected chi connectivity index (χ3v) is 2.50. The Morgan fingerprint density at radius 3 is 2.56 bits per heavy atom. The Balaban J connectivity index is 2.47. The van der Waals surface area contributed by atoms with Crippen LogP contribution in [0, 0.1) is 0 Å². The zero-order valence-corrected chi connectivity index (χ0v) is 9.71. The van der Waals surface area contributed by atoms with Gasteiger partial charge in [0.25, 0.3) is 0 Å². The molecule has 0 radical (unpaired) electrons. The maximum absolute atomic E-state index is 11.5. The van der Waals surface area contributed by atoms with E-state index in [4.69, 9.17) is 16.3 Å². The van der Waals surface area contributed by atoms with Gasteiger partial charge in [-0.3, -0.25) is 0 Å². The number of esters is 1. The molecular weight excluding hydrogens is 226 g/mol. The Labute approximate surface area is 98.4 Å². The van der Waals surface area contributed by atoms with Gasteiger partial charge in [-0.25, -0.2) is 9.79 Å². The zero-order chi connectivity index (χ0) is 11.7. The summed E-state index contributed by atoms with van der Waals surface area (Å²) in [5, 5.41) is 0.518. The SMILES string of the molecule is CC(C)=C1N=C(c2ccccc2Cl)OC1=O. The van der Waals surface area contributed by atoms with Gasteiger partial charge in [0.1, 0.15) is 0 Å². The lowest BCUT2D eigenvalue weighted by atomic mass is 10.2. The lowest BCUT2D eigenvalue weighted by Gasteiger charge is -2.00. The van der Waals surface area contributed by atoms with E-state index in [1.165, 1.54) is 0 Å². The van der Waals surface area contributed by atoms with Gasteiger partial charge in [0.05, 0.1) is 10.6 Å². The minimum Gasteiger partial charge on any atom is -0.402 e. The Hall–Kier alpha value is -1.61. The minimum absolute atomic E-state index is 0.270. The molecule has 0 amide bonds. The molecule has 0 atom stereocenters. The molecule has 1 heterocycles. The van der Waals surface area contributed by atoms with Crippen molar-refractivity contribution < 1.29 is 9.53 Å². The van der Waals surface area contributed by atoms with Crippen molar-refractivity contribution in [3.63, 3.8) is 0 Å². The van der Waals surface area contributed by atoms with Crippen molar-refractivity contribution in [2.45, 2.75) is 13.8 Å². The Morgan fingerprint density at radius 1 is 1.31 bits per heavy atom. The van der Waals surface area contributed by atoms with Crippen LogP contribution >= 0.6 is 11.6 Å². The number of hydrogen-bond donors (Lipinski definition) is 0. The van der Waals surface area contributed by atoms with Gasteiger partial charge in [-0.15, -0.1) is 0 Å². The molecule has 1 aromatic rings. The normalized spacial score (nSPS) is 14.8. The molecule has 0 aliphatic carbocycles. The molecule has 82 valence electrons. The maximum atomic E-state index is 11.5. The molecule has 4 heteroatoms. The second kappa shape index (κ2) is 4.10. The van der Waals surface area contributed by atoms with Gasteiger partial charge < -0.3 is 4.74 Å². The summed E-state index contributed by atoms with van der Waals surface area (Å²) in [7, 11) is 0. The third-order valence-electron chi connectivity index (χ3n) is 2.17. The molecule has 1 aromatic carbocycles. The lowest BCUT2D eigenvalue weighted by Crippen LogP contribution is -2.06. The molecule has 0 fully saturated rings. The van der Waals surface area contributed by atoms with Crippen molar-refractivity contribution in [3.8, 4) is 0 Å². The molecule has 1 aliphatic heterocycles. The van der Waals surface area contributed by atoms with Crippen LogP contribution in [0.15, 0.2) is 40.5 Å². The smallest absolute Gasteiger partial charge is 0.363 e. The highest BCUT2D eigenvalue weighted by Gasteiger charge is 2.25. The average molecular weight is 236 g/mol. The van der Waals surface area contributed by atoms with Crippen LogP contribution in [0.25, 0.3) is 0 Å². The van der Waals surface area contributed by atoms with Gasteiger partial charge in [-0.1, -0.05) is 23.7 Å². The molecule has 0 aromatic heterocycles. The largest absolute Gasteiger partial charge is 0.402 e. The van der Waals surface area contributed by atoms with Gasteiger partial charge in [-0.05, 0) is 31.6 Å². The third kappa shape index (κ3) is 1.86. The molecule has 1 aliphatic rings. The van der Waals surface area contributed by atoms with Crippen LogP contribution in [0.5, 0.6) is 0 Å². The first kappa shape index (κ1) is 10.9. The lowest BCUT2D eigenvalue weighted by molar-refractivity contribution is -0.130. The number of aliphatic imine (C=N–C) groups is 1. The first-order valence-electron chi connectivity index (χ1n) is 4.83. The first-order valence-corrected chi connectivity index (χ1v) is 5.20. The number of halogens is 1. The molecule has 0 saturated heterocycles. The second-order valence-corrected chi connectivity index (χ2v) is 4.04. The molecule has 0 saturated carbocycles. The van der Waals surface area contributed by atoms with Gasteiger partial charge in [0.15, 0.2) is 5.70 Å². The summed E-state index contributed by atoms with van der Waals surface area (Å²) in [6.45, 7) is 3.63. The minimum atomic E-state index is -0.421. The van der Waals surface area contributed by atoms with Gasteiger partial charge in [-0.2, -0.15) is 0 Å². The summed E-state index contributed by atoms with van der Waals surface area (Å²) < 4.78 is 5.07. The van der Waals surface area contributed by atoms with E-state index in [0.29, 0.717) is 16.3 Å². The number of hydrogen-bond acceptors (Lipinski definition) is 3. The van der Waals surface area contributed by atoms with Crippen molar-refractivity contribution >= 4 is 23.5 Å². The summed E-state index contributed by atoms with van der Waals surface area (Å²) >= 11 is 5.99. The Morgan fingerprint density at radius 2 is 2.00 bits per heavy atom. The van der Waals surface area contributed by atoms with Crippen LogP contribution in [0.4, 0.5) is 0 Å². The van der Waals surface area contributed by atoms with Crippen LogP contribution < -0.4 is 0 Å². The maximum Gasteiger partial charge on any atom is 0.363 e. The molecule has 2 rings (SSSR count). The van der Waals surface area contributed by atoms with E-state index in [1.807, 2.05) is 26.0 Å². The van der Waals surface area contributed by atoms with Crippen LogP contribution in [-0.2, 0) is 9.53 Å². The number of cyclic esters (lactones) is 1. The first-order chi connectivity index (χ1) is 7.59. The average Bonchev–Trinajstić information content (AvgIpc) is 2.61. The van der Waals surface area contributed by atoms with Crippen LogP contribution in [0.2, 0.25) is 5.02 Å². The fourth-order valence-corrected chi connectivity index (χ4v) is 1.59. The molecular formula is C12H10ClNO2. The molecule has 0 unspecified atom stereocenters. The van der Waals surface area contributed by atoms with E-state index in [9.17, 15) is 4.79 Å². The quantitative estimate of drug-likeness (QED) is 0.555. The second-order valence-electron chi connectivity index (χ2n) is 3.63. The highest BCUT2D eigenvalue weighted by atomic mass is 35.5. The number of benzene rings is 1. The van der Waals surface area contributed by atoms with E-state index in [0.717, 1.165) is 5.57 Å². The molecule has 0 spiro atoms. The van der Waals surface area contributed by atoms with E-state index in [1.54, 1.807) is 12.1 Å². The van der Waals surface area contributed by atoms with E-state index in [2.05, 4.69) is 4.99 Å². The number of carbonyl (C=O) groups is 1. The van der Waals surface area contributed by atoms with Crippen molar-refractivity contribution in [2.75, 3.05) is 0 Å². The monoisotopic (exact) mass is 235 g/mol. The van der Waals surface area contributed by atoms with Crippen molar-refractivity contribution in [3.05, 3.63) is 46.1 Å². The fraction of sp³-hybridized carbons (Fsp3) is 0.167. The predicted octanol–water partition coefficient (Wildman–Crippen LogP) is 2.94. The summed E-state index contributed by atoms with van der Waals surface area (Å²) in [6.07, 6.45) is 0. The molecule has 0 N–H and O–H groups in total. The van der Waals surface area contributed by atoms with Crippen molar-refractivity contribution in [2.24, 2.45) is 4.99 Å². The van der Waals surface area contributed by atoms with Gasteiger partial charge in [0, 0.05) is 0 Å². The van der Waals surface area contributed by atoms with Gasteiger partial charge >= 0.3 is 5.97 Å². The number of allylic oxidation sites excluding steroid dienone is 1. The molecule has 16 heavy (non-hydrogen) atoms. The Kier molecular flexibility index (Phi) is 2.79. The number of rotatable bonds is 1. The van der Waals surface area contributed by atoms with Crippen molar-refractivity contribution in [1.29, 1.82) is 0 Å². The predicted molar refractivity (Wildman–Crippen MR) is 62.5 cm³/mol. The number of carbonyl (C=O) groups excluding carboxylic acids is 1. The summed E-state index contributed by atoms with van der Waals surface area (Å²) in [4.78, 5) is 15.6. The number of ether oxygens (including phenoxy) is 1. The van der Waals surface area contributed by atoms with Crippen LogP contribution in [0.1, 0.15) is 19.4 Å². The standard InChI is InChI=1S/C12H10ClNO2/c1-7(2)10-12(15)16-11(14-10)8-5-3-4-6-9(8)13/h3-6H,1-2H3. The molecule has 0 bridgehead atoms.